The fourth-order valence-electron chi connectivity index (χ4n) is 2.37. The minimum absolute atomic E-state index is 0.166. The summed E-state index contributed by atoms with van der Waals surface area (Å²) in [7, 11) is 1.37. The van der Waals surface area contributed by atoms with Crippen molar-refractivity contribution in [3.05, 3.63) is 35.4 Å². The second-order valence-corrected chi connectivity index (χ2v) is 4.51. The summed E-state index contributed by atoms with van der Waals surface area (Å²) in [6.07, 6.45) is 2.04. The zero-order valence-corrected chi connectivity index (χ0v) is 10.1. The normalized spacial score (nSPS) is 22.7. The number of methoxy groups -OCH3 is 1. The molecule has 0 aliphatic heterocycles. The molecule has 90 valence electrons. The van der Waals surface area contributed by atoms with Gasteiger partial charge in [-0.05, 0) is 43.4 Å². The van der Waals surface area contributed by atoms with E-state index >= 15 is 0 Å². The third kappa shape index (κ3) is 2.23. The molecular formula is C14H16O3. The molecule has 0 spiro atoms. The number of hydrogen-bond donors (Lipinski definition) is 0. The summed E-state index contributed by atoms with van der Waals surface area (Å²) < 4.78 is 4.64. The fraction of sp³-hybridized carbons (Fsp3) is 0.429. The molecule has 3 heteroatoms. The van der Waals surface area contributed by atoms with Crippen molar-refractivity contribution in [1.29, 1.82) is 0 Å². The van der Waals surface area contributed by atoms with E-state index in [2.05, 4.69) is 4.74 Å². The first-order valence-electron chi connectivity index (χ1n) is 5.82. The highest BCUT2D eigenvalue weighted by molar-refractivity contribution is 5.89. The first-order chi connectivity index (χ1) is 8.13. The largest absolute Gasteiger partial charge is 0.465 e. The van der Waals surface area contributed by atoms with Crippen LogP contribution in [0.5, 0.6) is 0 Å². The Morgan fingerprint density at radius 1 is 1.18 bits per heavy atom. The quantitative estimate of drug-likeness (QED) is 0.752. The monoisotopic (exact) mass is 232 g/mol. The molecule has 0 amide bonds. The van der Waals surface area contributed by atoms with E-state index in [0.29, 0.717) is 11.5 Å². The lowest BCUT2D eigenvalue weighted by Gasteiger charge is -2.35. The zero-order valence-electron chi connectivity index (χ0n) is 10.1. The molecule has 1 aliphatic carbocycles. The molecule has 1 aromatic rings. The Hall–Kier alpha value is -1.64. The maximum absolute atomic E-state index is 11.4. The molecule has 2 rings (SSSR count). The van der Waals surface area contributed by atoms with E-state index in [9.17, 15) is 9.59 Å². The van der Waals surface area contributed by atoms with Gasteiger partial charge in [-0.3, -0.25) is 4.79 Å². The number of rotatable bonds is 3. The van der Waals surface area contributed by atoms with E-state index in [1.54, 1.807) is 19.1 Å². The third-order valence-electron chi connectivity index (χ3n) is 3.56. The zero-order chi connectivity index (χ0) is 12.4. The first-order valence-corrected chi connectivity index (χ1v) is 5.82. The molecule has 2 atom stereocenters. The Bertz CT molecular complexity index is 433. The lowest BCUT2D eigenvalue weighted by molar-refractivity contribution is -0.123. The molecule has 17 heavy (non-hydrogen) atoms. The molecule has 0 saturated heterocycles. The van der Waals surface area contributed by atoms with Gasteiger partial charge in [0.15, 0.2) is 0 Å². The summed E-state index contributed by atoms with van der Waals surface area (Å²) in [5.74, 6) is 0.435. The van der Waals surface area contributed by atoms with E-state index in [1.165, 1.54) is 7.11 Å². The van der Waals surface area contributed by atoms with Gasteiger partial charge in [0, 0.05) is 5.92 Å². The Morgan fingerprint density at radius 3 is 2.24 bits per heavy atom. The lowest BCUT2D eigenvalue weighted by atomic mass is 9.68. The number of hydrogen-bond acceptors (Lipinski definition) is 3. The molecule has 0 bridgehead atoms. The van der Waals surface area contributed by atoms with Gasteiger partial charge in [0.25, 0.3) is 0 Å². The van der Waals surface area contributed by atoms with Crippen LogP contribution < -0.4 is 0 Å². The van der Waals surface area contributed by atoms with E-state index in [4.69, 9.17) is 0 Å². The van der Waals surface area contributed by atoms with Crippen LogP contribution in [0.4, 0.5) is 0 Å². The number of esters is 1. The lowest BCUT2D eigenvalue weighted by Crippen LogP contribution is -2.29. The number of carbonyl (C=O) groups excluding carboxylic acids is 2. The van der Waals surface area contributed by atoms with Crippen LogP contribution in [0.1, 0.15) is 41.6 Å². The summed E-state index contributed by atoms with van der Waals surface area (Å²) in [5, 5.41) is 0. The topological polar surface area (TPSA) is 43.4 Å². The van der Waals surface area contributed by atoms with Crippen molar-refractivity contribution in [1.82, 2.24) is 0 Å². The molecule has 0 unspecified atom stereocenters. The second kappa shape index (κ2) is 4.70. The van der Waals surface area contributed by atoms with Crippen LogP contribution in [0.25, 0.3) is 0 Å². The van der Waals surface area contributed by atoms with Gasteiger partial charge in [0.1, 0.15) is 5.78 Å². The van der Waals surface area contributed by atoms with Gasteiger partial charge >= 0.3 is 5.97 Å². The standard InChI is InChI=1S/C14H16O3/c1-9(15)12-7-8-13(12)10-3-5-11(6-4-10)14(16)17-2/h3-6,12-13H,7-8H2,1-2H3/t12-,13+/m0/s1. The van der Waals surface area contributed by atoms with E-state index in [-0.39, 0.29) is 17.7 Å². The van der Waals surface area contributed by atoms with Crippen molar-refractivity contribution in [3.63, 3.8) is 0 Å². The van der Waals surface area contributed by atoms with Crippen molar-refractivity contribution in [2.45, 2.75) is 25.7 Å². The molecule has 0 aromatic heterocycles. The predicted molar refractivity (Wildman–Crippen MR) is 63.9 cm³/mol. The van der Waals surface area contributed by atoms with E-state index < -0.39 is 0 Å². The van der Waals surface area contributed by atoms with Gasteiger partial charge in [0.05, 0.1) is 12.7 Å². The highest BCUT2D eigenvalue weighted by Crippen LogP contribution is 2.42. The summed E-state index contributed by atoms with van der Waals surface area (Å²) in [6.45, 7) is 1.65. The van der Waals surface area contributed by atoms with Crippen molar-refractivity contribution in [2.24, 2.45) is 5.92 Å². The van der Waals surface area contributed by atoms with Crippen LogP contribution in [0.2, 0.25) is 0 Å². The number of benzene rings is 1. The van der Waals surface area contributed by atoms with Gasteiger partial charge in [-0.2, -0.15) is 0 Å². The maximum Gasteiger partial charge on any atom is 0.337 e. The molecule has 0 N–H and O–H groups in total. The highest BCUT2D eigenvalue weighted by atomic mass is 16.5. The van der Waals surface area contributed by atoms with Crippen LogP contribution in [-0.2, 0) is 9.53 Å². The number of ketones is 1. The Labute approximate surface area is 101 Å². The minimum Gasteiger partial charge on any atom is -0.465 e. The van der Waals surface area contributed by atoms with Crippen molar-refractivity contribution in [3.8, 4) is 0 Å². The summed E-state index contributed by atoms with van der Waals surface area (Å²) >= 11 is 0. The average molecular weight is 232 g/mol. The molecule has 0 radical (unpaired) electrons. The molecule has 1 saturated carbocycles. The van der Waals surface area contributed by atoms with Gasteiger partial charge in [-0.25, -0.2) is 4.79 Å². The van der Waals surface area contributed by atoms with Crippen LogP contribution in [0.15, 0.2) is 24.3 Å². The van der Waals surface area contributed by atoms with E-state index in [1.807, 2.05) is 12.1 Å². The smallest absolute Gasteiger partial charge is 0.337 e. The van der Waals surface area contributed by atoms with Crippen LogP contribution in [-0.4, -0.2) is 18.9 Å². The SMILES string of the molecule is COC(=O)c1ccc([C@H]2CC[C@H]2C(C)=O)cc1. The minimum atomic E-state index is -0.326. The molecule has 1 aromatic carbocycles. The number of Topliss-reactive ketones (excluding diaryl/α,β-unsaturated/α-hetero) is 1. The summed E-state index contributed by atoms with van der Waals surface area (Å²) in [6, 6.07) is 7.37. The fourth-order valence-corrected chi connectivity index (χ4v) is 2.37. The Kier molecular flexibility index (Phi) is 3.27. The molecule has 1 fully saturated rings. The van der Waals surface area contributed by atoms with E-state index in [0.717, 1.165) is 18.4 Å². The van der Waals surface area contributed by atoms with Gasteiger partial charge in [0.2, 0.25) is 0 Å². The Morgan fingerprint density at radius 2 is 1.82 bits per heavy atom. The maximum atomic E-state index is 11.4. The highest BCUT2D eigenvalue weighted by Gasteiger charge is 2.35. The second-order valence-electron chi connectivity index (χ2n) is 4.51. The molecule has 3 nitrogen and oxygen atoms in total. The Balaban J connectivity index is 2.13. The van der Waals surface area contributed by atoms with Crippen molar-refractivity contribution in [2.75, 3.05) is 7.11 Å². The van der Waals surface area contributed by atoms with Gasteiger partial charge < -0.3 is 4.74 Å². The summed E-state index contributed by atoms with van der Waals surface area (Å²) in [5.41, 5.74) is 1.69. The predicted octanol–water partition coefficient (Wildman–Crippen LogP) is 2.56. The molecular weight excluding hydrogens is 216 g/mol. The van der Waals surface area contributed by atoms with Crippen LogP contribution in [0, 0.1) is 5.92 Å². The van der Waals surface area contributed by atoms with Crippen LogP contribution in [0.3, 0.4) is 0 Å². The van der Waals surface area contributed by atoms with Crippen LogP contribution >= 0.6 is 0 Å². The third-order valence-corrected chi connectivity index (χ3v) is 3.56. The summed E-state index contributed by atoms with van der Waals surface area (Å²) in [4.78, 5) is 22.6. The first kappa shape index (κ1) is 11.8. The average Bonchev–Trinajstić information content (AvgIpc) is 2.27. The van der Waals surface area contributed by atoms with Crippen molar-refractivity contribution < 1.29 is 14.3 Å². The molecule has 1 aliphatic rings. The molecule has 0 heterocycles. The van der Waals surface area contributed by atoms with Crippen molar-refractivity contribution >= 4 is 11.8 Å². The van der Waals surface area contributed by atoms with Gasteiger partial charge in [-0.1, -0.05) is 12.1 Å². The number of ether oxygens (including phenoxy) is 1. The van der Waals surface area contributed by atoms with Gasteiger partial charge in [-0.15, -0.1) is 0 Å². The number of carbonyl (C=O) groups is 2.